The lowest BCUT2D eigenvalue weighted by Gasteiger charge is -2.22. The molecule has 0 radical (unpaired) electrons. The Morgan fingerprint density at radius 3 is 2.61 bits per heavy atom. The quantitative estimate of drug-likeness (QED) is 0.721. The summed E-state index contributed by atoms with van der Waals surface area (Å²) in [4.78, 5) is 2.15. The summed E-state index contributed by atoms with van der Waals surface area (Å²) in [5.74, 6) is 0. The van der Waals surface area contributed by atoms with Crippen LogP contribution in [0.15, 0.2) is 22.7 Å². The minimum absolute atomic E-state index is 0.518. The lowest BCUT2D eigenvalue weighted by Crippen LogP contribution is -2.18. The zero-order valence-corrected chi connectivity index (χ0v) is 13.5. The molecule has 2 nitrogen and oxygen atoms in total. The highest BCUT2D eigenvalue weighted by Crippen LogP contribution is 2.29. The lowest BCUT2D eigenvalue weighted by atomic mass is 10.1. The van der Waals surface area contributed by atoms with Gasteiger partial charge in [-0.3, -0.25) is 0 Å². The van der Waals surface area contributed by atoms with Crippen LogP contribution in [-0.4, -0.2) is 20.1 Å². The van der Waals surface area contributed by atoms with E-state index in [9.17, 15) is 0 Å². The predicted octanol–water partition coefficient (Wildman–Crippen LogP) is 4.90. The molecule has 0 amide bonds. The third kappa shape index (κ3) is 4.89. The van der Waals surface area contributed by atoms with Crippen molar-refractivity contribution in [1.29, 1.82) is 0 Å². The molecule has 0 aliphatic carbocycles. The molecule has 0 fully saturated rings. The highest BCUT2D eigenvalue weighted by Gasteiger charge is 2.08. The van der Waals surface area contributed by atoms with Gasteiger partial charge < -0.3 is 10.2 Å². The van der Waals surface area contributed by atoms with Crippen molar-refractivity contribution in [3.05, 3.63) is 22.7 Å². The van der Waals surface area contributed by atoms with E-state index in [2.05, 4.69) is 72.3 Å². The van der Waals surface area contributed by atoms with Crippen LogP contribution in [0.5, 0.6) is 0 Å². The fourth-order valence-corrected chi connectivity index (χ4v) is 2.41. The first kappa shape index (κ1) is 15.4. The van der Waals surface area contributed by atoms with E-state index in [1.807, 2.05) is 0 Å². The van der Waals surface area contributed by atoms with Gasteiger partial charge in [-0.25, -0.2) is 0 Å². The first-order chi connectivity index (χ1) is 8.54. The number of hydrogen-bond donors (Lipinski definition) is 1. The molecule has 0 saturated heterocycles. The highest BCUT2D eigenvalue weighted by molar-refractivity contribution is 9.10. The Balaban J connectivity index is 2.67. The van der Waals surface area contributed by atoms with Crippen LogP contribution in [0.2, 0.25) is 0 Å². The first-order valence-electron chi connectivity index (χ1n) is 6.78. The number of benzene rings is 1. The largest absolute Gasteiger partial charge is 0.381 e. The van der Waals surface area contributed by atoms with Gasteiger partial charge in [0.25, 0.3) is 0 Å². The SMILES string of the molecule is CCCCCC(C)Nc1cc(Br)ccc1N(C)C. The van der Waals surface area contributed by atoms with E-state index in [0.717, 1.165) is 4.47 Å². The average Bonchev–Trinajstić information content (AvgIpc) is 2.29. The molecule has 1 unspecified atom stereocenters. The number of nitrogens with one attached hydrogen (secondary N) is 1. The van der Waals surface area contributed by atoms with Gasteiger partial charge >= 0.3 is 0 Å². The number of anilines is 2. The van der Waals surface area contributed by atoms with E-state index in [1.165, 1.54) is 37.1 Å². The van der Waals surface area contributed by atoms with Crippen molar-refractivity contribution in [2.24, 2.45) is 0 Å². The molecule has 1 aromatic carbocycles. The van der Waals surface area contributed by atoms with E-state index < -0.39 is 0 Å². The maximum atomic E-state index is 3.62. The van der Waals surface area contributed by atoms with E-state index in [0.29, 0.717) is 6.04 Å². The third-order valence-corrected chi connectivity index (χ3v) is 3.58. The van der Waals surface area contributed by atoms with Crippen molar-refractivity contribution in [3.63, 3.8) is 0 Å². The first-order valence-corrected chi connectivity index (χ1v) is 7.57. The second-order valence-corrected chi connectivity index (χ2v) is 6.01. The standard InChI is InChI=1S/C15H25BrN2/c1-5-6-7-8-12(2)17-14-11-13(16)9-10-15(14)18(3)4/h9-12,17H,5-8H2,1-4H3. The van der Waals surface area contributed by atoms with Gasteiger partial charge in [0.1, 0.15) is 0 Å². The van der Waals surface area contributed by atoms with Crippen LogP contribution in [0, 0.1) is 0 Å². The van der Waals surface area contributed by atoms with Crippen LogP contribution in [0.1, 0.15) is 39.5 Å². The maximum Gasteiger partial charge on any atom is 0.0597 e. The van der Waals surface area contributed by atoms with Crippen LogP contribution < -0.4 is 10.2 Å². The summed E-state index contributed by atoms with van der Waals surface area (Å²) in [7, 11) is 4.16. The molecule has 1 atom stereocenters. The van der Waals surface area contributed by atoms with Crippen LogP contribution in [0.4, 0.5) is 11.4 Å². The zero-order valence-electron chi connectivity index (χ0n) is 12.0. The van der Waals surface area contributed by atoms with E-state index >= 15 is 0 Å². The number of hydrogen-bond acceptors (Lipinski definition) is 2. The Morgan fingerprint density at radius 2 is 2.00 bits per heavy atom. The molecular formula is C15H25BrN2. The zero-order chi connectivity index (χ0) is 13.5. The minimum atomic E-state index is 0.518. The predicted molar refractivity (Wildman–Crippen MR) is 85.7 cm³/mol. The maximum absolute atomic E-state index is 3.62. The smallest absolute Gasteiger partial charge is 0.0597 e. The van der Waals surface area contributed by atoms with E-state index in [4.69, 9.17) is 0 Å². The Kier molecular flexibility index (Phi) is 6.55. The van der Waals surface area contributed by atoms with Gasteiger partial charge in [-0.05, 0) is 31.5 Å². The Bertz CT molecular complexity index is 364. The molecule has 0 heterocycles. The molecule has 102 valence electrons. The molecular weight excluding hydrogens is 288 g/mol. The van der Waals surface area contributed by atoms with Crippen LogP contribution >= 0.6 is 15.9 Å². The topological polar surface area (TPSA) is 15.3 Å². The average molecular weight is 313 g/mol. The molecule has 3 heteroatoms. The lowest BCUT2D eigenvalue weighted by molar-refractivity contribution is 0.615. The summed E-state index contributed by atoms with van der Waals surface area (Å²) in [6.07, 6.45) is 5.14. The molecule has 1 rings (SSSR count). The van der Waals surface area contributed by atoms with Crippen molar-refractivity contribution in [1.82, 2.24) is 0 Å². The Morgan fingerprint density at radius 1 is 1.28 bits per heavy atom. The Labute approximate surface area is 120 Å². The normalized spacial score (nSPS) is 12.3. The summed E-state index contributed by atoms with van der Waals surface area (Å²) in [5.41, 5.74) is 2.44. The molecule has 0 aromatic heterocycles. The summed E-state index contributed by atoms with van der Waals surface area (Å²) in [6, 6.07) is 6.91. The number of nitrogens with zero attached hydrogens (tertiary/aromatic N) is 1. The van der Waals surface area contributed by atoms with E-state index in [-0.39, 0.29) is 0 Å². The molecule has 18 heavy (non-hydrogen) atoms. The van der Waals surface area contributed by atoms with Gasteiger partial charge in [-0.15, -0.1) is 0 Å². The molecule has 0 bridgehead atoms. The fourth-order valence-electron chi connectivity index (χ4n) is 2.05. The molecule has 1 aromatic rings. The van der Waals surface area contributed by atoms with Crippen LogP contribution in [0.3, 0.4) is 0 Å². The van der Waals surface area contributed by atoms with Crippen molar-refractivity contribution >= 4 is 27.3 Å². The highest BCUT2D eigenvalue weighted by atomic mass is 79.9. The second-order valence-electron chi connectivity index (χ2n) is 5.10. The molecule has 0 aliphatic rings. The van der Waals surface area contributed by atoms with Crippen molar-refractivity contribution in [2.75, 3.05) is 24.3 Å². The number of halogens is 1. The van der Waals surface area contributed by atoms with Crippen molar-refractivity contribution in [3.8, 4) is 0 Å². The molecule has 0 saturated carbocycles. The molecule has 0 aliphatic heterocycles. The van der Waals surface area contributed by atoms with Gasteiger partial charge in [0.15, 0.2) is 0 Å². The Hall–Kier alpha value is -0.700. The van der Waals surface area contributed by atoms with E-state index in [1.54, 1.807) is 0 Å². The minimum Gasteiger partial charge on any atom is -0.381 e. The summed E-state index contributed by atoms with van der Waals surface area (Å²) in [5, 5.41) is 3.62. The molecule has 0 spiro atoms. The summed E-state index contributed by atoms with van der Waals surface area (Å²) >= 11 is 3.54. The van der Waals surface area contributed by atoms with Gasteiger partial charge in [0.2, 0.25) is 0 Å². The van der Waals surface area contributed by atoms with Gasteiger partial charge in [-0.2, -0.15) is 0 Å². The molecule has 1 N–H and O–H groups in total. The fraction of sp³-hybridized carbons (Fsp3) is 0.600. The monoisotopic (exact) mass is 312 g/mol. The van der Waals surface area contributed by atoms with Crippen LogP contribution in [-0.2, 0) is 0 Å². The van der Waals surface area contributed by atoms with Gasteiger partial charge in [0.05, 0.1) is 11.4 Å². The van der Waals surface area contributed by atoms with Crippen LogP contribution in [0.25, 0.3) is 0 Å². The van der Waals surface area contributed by atoms with Crippen molar-refractivity contribution < 1.29 is 0 Å². The van der Waals surface area contributed by atoms with Gasteiger partial charge in [-0.1, -0.05) is 42.1 Å². The number of rotatable bonds is 7. The third-order valence-electron chi connectivity index (χ3n) is 3.08. The summed E-state index contributed by atoms with van der Waals surface area (Å²) < 4.78 is 1.12. The van der Waals surface area contributed by atoms with Crippen molar-refractivity contribution in [2.45, 2.75) is 45.6 Å². The second kappa shape index (κ2) is 7.67. The van der Waals surface area contributed by atoms with Gasteiger partial charge in [0, 0.05) is 24.6 Å². The number of unbranched alkanes of at least 4 members (excludes halogenated alkanes) is 2. The summed E-state index contributed by atoms with van der Waals surface area (Å²) in [6.45, 7) is 4.51.